The van der Waals surface area contributed by atoms with Crippen LogP contribution in [0.5, 0.6) is 0 Å². The number of halogens is 1. The number of carbonyl (C=O) groups is 1. The number of rotatable bonds is 6. The number of aliphatic hydroxyl groups is 1. The predicted molar refractivity (Wildman–Crippen MR) is 114 cm³/mol. The van der Waals surface area contributed by atoms with E-state index in [0.717, 1.165) is 38.4 Å². The van der Waals surface area contributed by atoms with Gasteiger partial charge in [0.25, 0.3) is 5.91 Å². The highest BCUT2D eigenvalue weighted by atomic mass is 127. The van der Waals surface area contributed by atoms with Crippen molar-refractivity contribution in [3.63, 3.8) is 0 Å². The smallest absolute Gasteiger partial charge is 0.251 e. The number of guanidine groups is 1. The number of aliphatic imine (C=N–C) groups is 1. The summed E-state index contributed by atoms with van der Waals surface area (Å²) in [6, 6.07) is 0. The van der Waals surface area contributed by atoms with Crippen LogP contribution in [0.1, 0.15) is 46.5 Å². The number of carbonyl (C=O) groups excluding carboxylic acids is 1. The number of piperazine rings is 1. The molecule has 1 atom stereocenters. The van der Waals surface area contributed by atoms with Crippen LogP contribution in [0.4, 0.5) is 0 Å². The maximum Gasteiger partial charge on any atom is 0.251 e. The van der Waals surface area contributed by atoms with Crippen molar-refractivity contribution in [1.82, 2.24) is 15.1 Å². The molecule has 0 aromatic carbocycles. The van der Waals surface area contributed by atoms with E-state index < -0.39 is 5.60 Å². The van der Waals surface area contributed by atoms with Gasteiger partial charge in [0.2, 0.25) is 0 Å². The van der Waals surface area contributed by atoms with Crippen molar-refractivity contribution in [1.29, 1.82) is 0 Å². The molecule has 2 N–H and O–H groups in total. The van der Waals surface area contributed by atoms with Gasteiger partial charge in [0.1, 0.15) is 6.10 Å². The highest BCUT2D eigenvalue weighted by Gasteiger charge is 2.31. The second-order valence-electron chi connectivity index (χ2n) is 6.92. The summed E-state index contributed by atoms with van der Waals surface area (Å²) in [4.78, 5) is 21.2. The van der Waals surface area contributed by atoms with Gasteiger partial charge in [-0.05, 0) is 32.6 Å². The van der Waals surface area contributed by atoms with E-state index in [1.54, 1.807) is 0 Å². The molecule has 2 saturated heterocycles. The number of amides is 1. The molecule has 0 aliphatic carbocycles. The standard InChI is InChI=1S/C18H34N4O3.HI/c1-4-18(24,5-2)14-20-17(19-6-3)22-11-9-21(10-12-22)16(23)15-8-7-13-25-15;/h15,24H,4-14H2,1-3H3,(H,19,20);1H. The van der Waals surface area contributed by atoms with E-state index in [1.165, 1.54) is 0 Å². The first-order chi connectivity index (χ1) is 12.0. The maximum atomic E-state index is 12.4. The summed E-state index contributed by atoms with van der Waals surface area (Å²) >= 11 is 0. The highest BCUT2D eigenvalue weighted by Crippen LogP contribution is 2.17. The molecule has 0 saturated carbocycles. The van der Waals surface area contributed by atoms with E-state index in [1.807, 2.05) is 25.7 Å². The number of nitrogens with one attached hydrogen (secondary N) is 1. The first-order valence-electron chi connectivity index (χ1n) is 9.69. The Morgan fingerprint density at radius 1 is 1.19 bits per heavy atom. The molecule has 0 radical (unpaired) electrons. The number of ether oxygens (including phenoxy) is 1. The second-order valence-corrected chi connectivity index (χ2v) is 6.92. The third-order valence-electron chi connectivity index (χ3n) is 5.27. The Morgan fingerprint density at radius 2 is 1.81 bits per heavy atom. The Morgan fingerprint density at radius 3 is 2.31 bits per heavy atom. The van der Waals surface area contributed by atoms with Gasteiger partial charge >= 0.3 is 0 Å². The largest absolute Gasteiger partial charge is 0.388 e. The average molecular weight is 482 g/mol. The monoisotopic (exact) mass is 482 g/mol. The van der Waals surface area contributed by atoms with Crippen LogP contribution in [-0.4, -0.2) is 84.4 Å². The molecule has 26 heavy (non-hydrogen) atoms. The molecular weight excluding hydrogens is 447 g/mol. The summed E-state index contributed by atoms with van der Waals surface area (Å²) in [5.74, 6) is 0.956. The molecular formula is C18H35IN4O3. The third kappa shape index (κ3) is 6.23. The summed E-state index contributed by atoms with van der Waals surface area (Å²) in [5.41, 5.74) is -0.738. The molecule has 1 amide bonds. The van der Waals surface area contributed by atoms with E-state index in [2.05, 4.69) is 15.2 Å². The van der Waals surface area contributed by atoms with Gasteiger partial charge in [-0.2, -0.15) is 0 Å². The van der Waals surface area contributed by atoms with Gasteiger partial charge in [-0.15, -0.1) is 24.0 Å². The Bertz CT molecular complexity index is 457. The minimum atomic E-state index is -0.738. The highest BCUT2D eigenvalue weighted by molar-refractivity contribution is 14.0. The fourth-order valence-electron chi connectivity index (χ4n) is 3.24. The topological polar surface area (TPSA) is 77.4 Å². The Kier molecular flexibility index (Phi) is 10.2. The number of hydrogen-bond acceptors (Lipinski definition) is 4. The third-order valence-corrected chi connectivity index (χ3v) is 5.27. The average Bonchev–Trinajstić information content (AvgIpc) is 3.19. The van der Waals surface area contributed by atoms with Crippen molar-refractivity contribution < 1.29 is 14.6 Å². The Balaban J connectivity index is 0.00000338. The summed E-state index contributed by atoms with van der Waals surface area (Å²) in [6.07, 6.45) is 2.96. The summed E-state index contributed by atoms with van der Waals surface area (Å²) in [7, 11) is 0. The van der Waals surface area contributed by atoms with Crippen LogP contribution in [0, 0.1) is 0 Å². The van der Waals surface area contributed by atoms with Gasteiger partial charge in [-0.1, -0.05) is 13.8 Å². The lowest BCUT2D eigenvalue weighted by molar-refractivity contribution is -0.142. The molecule has 0 aromatic heterocycles. The minimum absolute atomic E-state index is 0. The lowest BCUT2D eigenvalue weighted by Gasteiger charge is -2.37. The molecule has 0 bridgehead atoms. The predicted octanol–water partition coefficient (Wildman–Crippen LogP) is 1.44. The van der Waals surface area contributed by atoms with E-state index >= 15 is 0 Å². The normalized spacial score (nSPS) is 21.5. The van der Waals surface area contributed by atoms with Crippen LogP contribution in [0.3, 0.4) is 0 Å². The lowest BCUT2D eigenvalue weighted by atomic mass is 9.98. The molecule has 8 heteroatoms. The zero-order valence-corrected chi connectivity index (χ0v) is 18.7. The minimum Gasteiger partial charge on any atom is -0.388 e. The fourth-order valence-corrected chi connectivity index (χ4v) is 3.24. The molecule has 1 unspecified atom stereocenters. The van der Waals surface area contributed by atoms with Crippen molar-refractivity contribution in [3.05, 3.63) is 0 Å². The molecule has 2 aliphatic rings. The molecule has 7 nitrogen and oxygen atoms in total. The zero-order chi connectivity index (χ0) is 18.3. The van der Waals surface area contributed by atoms with Gasteiger partial charge in [0.05, 0.1) is 12.1 Å². The zero-order valence-electron chi connectivity index (χ0n) is 16.4. The molecule has 2 aliphatic heterocycles. The van der Waals surface area contributed by atoms with Gasteiger partial charge in [0, 0.05) is 39.3 Å². The van der Waals surface area contributed by atoms with Crippen LogP contribution in [0.2, 0.25) is 0 Å². The molecule has 152 valence electrons. The van der Waals surface area contributed by atoms with Gasteiger partial charge in [0.15, 0.2) is 5.96 Å². The van der Waals surface area contributed by atoms with Crippen LogP contribution >= 0.6 is 24.0 Å². The van der Waals surface area contributed by atoms with E-state index in [0.29, 0.717) is 39.1 Å². The molecule has 2 heterocycles. The van der Waals surface area contributed by atoms with Crippen LogP contribution < -0.4 is 5.32 Å². The molecule has 0 aromatic rings. The lowest BCUT2D eigenvalue weighted by Crippen LogP contribution is -2.55. The Hall–Kier alpha value is -0.610. The SMILES string of the molecule is CCNC(=NCC(O)(CC)CC)N1CCN(C(=O)C2CCCO2)CC1.I. The molecule has 2 fully saturated rings. The summed E-state index contributed by atoms with van der Waals surface area (Å²) in [5, 5.41) is 13.8. The fraction of sp³-hybridized carbons (Fsp3) is 0.889. The van der Waals surface area contributed by atoms with Crippen molar-refractivity contribution >= 4 is 35.8 Å². The van der Waals surface area contributed by atoms with E-state index in [9.17, 15) is 9.90 Å². The summed E-state index contributed by atoms with van der Waals surface area (Å²) in [6.45, 7) is 10.8. The van der Waals surface area contributed by atoms with E-state index in [4.69, 9.17) is 4.74 Å². The van der Waals surface area contributed by atoms with Gasteiger partial charge in [-0.3, -0.25) is 9.79 Å². The van der Waals surface area contributed by atoms with Gasteiger partial charge < -0.3 is 25.0 Å². The van der Waals surface area contributed by atoms with Crippen molar-refractivity contribution in [3.8, 4) is 0 Å². The molecule has 2 rings (SSSR count). The number of nitrogens with zero attached hydrogens (tertiary/aromatic N) is 3. The first-order valence-corrected chi connectivity index (χ1v) is 9.69. The van der Waals surface area contributed by atoms with Crippen LogP contribution in [0.15, 0.2) is 4.99 Å². The maximum absolute atomic E-state index is 12.4. The van der Waals surface area contributed by atoms with Crippen molar-refractivity contribution in [2.24, 2.45) is 4.99 Å². The van der Waals surface area contributed by atoms with E-state index in [-0.39, 0.29) is 36.0 Å². The Labute approximate surface area is 174 Å². The second kappa shape index (κ2) is 11.3. The van der Waals surface area contributed by atoms with Crippen LogP contribution in [0.25, 0.3) is 0 Å². The first kappa shape index (κ1) is 23.4. The van der Waals surface area contributed by atoms with Gasteiger partial charge in [-0.25, -0.2) is 0 Å². The summed E-state index contributed by atoms with van der Waals surface area (Å²) < 4.78 is 5.51. The van der Waals surface area contributed by atoms with Crippen LogP contribution in [-0.2, 0) is 9.53 Å². The van der Waals surface area contributed by atoms with Crippen molar-refractivity contribution in [2.45, 2.75) is 58.2 Å². The van der Waals surface area contributed by atoms with Crippen molar-refractivity contribution in [2.75, 3.05) is 45.9 Å². The quantitative estimate of drug-likeness (QED) is 0.341. The number of hydrogen-bond donors (Lipinski definition) is 2. The molecule has 0 spiro atoms.